The SMILES string of the molecule is C[C@H](NC(=O)[C@@H](NC(=O)[C@@H](N)CCCCN)[C@@H](O)CN)C(=O)NCC(=O)N[C@H](CCCN)C(=O)N1CCC[C@H]1C(=O)NC(Cc1cnc[nH]1)C(=O)N[C@@H](CCCCN)C(=O)N[C@H](CCCN=C(N)N)C(N)=O. The third-order valence-electron chi connectivity index (χ3n) is 11.7. The lowest BCUT2D eigenvalue weighted by atomic mass is 10.0. The van der Waals surface area contributed by atoms with Crippen molar-refractivity contribution in [3.8, 4) is 0 Å². The predicted molar refractivity (Wildman–Crippen MR) is 264 cm³/mol. The highest BCUT2D eigenvalue weighted by atomic mass is 16.3. The number of primary amides is 1. The molecule has 0 radical (unpaired) electrons. The van der Waals surface area contributed by atoms with Gasteiger partial charge in [-0.1, -0.05) is 6.42 Å². The molecule has 1 fully saturated rings. The van der Waals surface area contributed by atoms with Crippen LogP contribution in [0.25, 0.3) is 0 Å². The third kappa shape index (κ3) is 21.9. The summed E-state index contributed by atoms with van der Waals surface area (Å²) >= 11 is 0. The molecule has 0 bridgehead atoms. The molecule has 9 atom stereocenters. The third-order valence-corrected chi connectivity index (χ3v) is 11.7. The van der Waals surface area contributed by atoms with Crippen LogP contribution in [0.3, 0.4) is 0 Å². The van der Waals surface area contributed by atoms with Crippen LogP contribution in [0.15, 0.2) is 17.5 Å². The Hall–Kier alpha value is -6.53. The number of imidazole rings is 1. The fourth-order valence-corrected chi connectivity index (χ4v) is 7.58. The second-order valence-electron chi connectivity index (χ2n) is 17.5. The number of H-pyrrole nitrogens is 1. The fourth-order valence-electron chi connectivity index (χ4n) is 7.58. The van der Waals surface area contributed by atoms with Gasteiger partial charge < -0.3 is 98.1 Å². The number of likely N-dealkylation sites (tertiary alicyclic amines) is 1. The van der Waals surface area contributed by atoms with Crippen LogP contribution >= 0.6 is 0 Å². The maximum atomic E-state index is 14.2. The van der Waals surface area contributed by atoms with Crippen LogP contribution in [-0.2, 0) is 49.6 Å². The average Bonchev–Trinajstić information content (AvgIpc) is 4.06. The minimum absolute atomic E-state index is 0.0604. The molecule has 406 valence electrons. The van der Waals surface area contributed by atoms with E-state index in [-0.39, 0.29) is 70.5 Å². The van der Waals surface area contributed by atoms with E-state index in [1.807, 2.05) is 0 Å². The lowest BCUT2D eigenvalue weighted by Crippen LogP contribution is -2.60. The molecule has 1 aliphatic rings. The topological polar surface area (TPSA) is 511 Å². The van der Waals surface area contributed by atoms with Crippen molar-refractivity contribution in [2.24, 2.45) is 50.9 Å². The number of unbranched alkanes of at least 4 members (excludes halogenated alkanes) is 2. The Morgan fingerprint density at radius 1 is 0.736 bits per heavy atom. The molecule has 1 unspecified atom stereocenters. The number of amides is 9. The molecule has 1 aromatic rings. The van der Waals surface area contributed by atoms with Crippen molar-refractivity contribution in [2.45, 2.75) is 145 Å². The molecular weight excluding hydrogens is 943 g/mol. The van der Waals surface area contributed by atoms with Gasteiger partial charge in [-0.15, -0.1) is 0 Å². The van der Waals surface area contributed by atoms with Crippen molar-refractivity contribution in [1.82, 2.24) is 52.1 Å². The second kappa shape index (κ2) is 33.2. The number of carbonyl (C=O) groups excluding carboxylic acids is 9. The van der Waals surface area contributed by atoms with Gasteiger partial charge in [0.1, 0.15) is 42.3 Å². The molecule has 1 aliphatic heterocycles. The van der Waals surface area contributed by atoms with Gasteiger partial charge in [0.15, 0.2) is 5.96 Å². The number of aliphatic hydroxyl groups excluding tert-OH is 1. The summed E-state index contributed by atoms with van der Waals surface area (Å²) in [5, 5.41) is 28.1. The van der Waals surface area contributed by atoms with E-state index < -0.39 is 121 Å². The van der Waals surface area contributed by atoms with Crippen molar-refractivity contribution < 1.29 is 48.3 Å². The zero-order valence-corrected chi connectivity index (χ0v) is 41.1. The fraction of sp³-hybridized carbons (Fsp3) is 0.698. The molecule has 29 nitrogen and oxygen atoms in total. The number of nitrogens with one attached hydrogen (secondary N) is 8. The monoisotopic (exact) mass is 1020 g/mol. The first-order valence-corrected chi connectivity index (χ1v) is 24.2. The molecule has 2 heterocycles. The normalized spacial score (nSPS) is 16.5. The Kier molecular flexibility index (Phi) is 28.4. The number of rotatable bonds is 35. The maximum Gasteiger partial charge on any atom is 0.245 e. The summed E-state index contributed by atoms with van der Waals surface area (Å²) < 4.78 is 0. The summed E-state index contributed by atoms with van der Waals surface area (Å²) in [5.74, 6) is -7.03. The van der Waals surface area contributed by atoms with E-state index in [2.05, 4.69) is 52.2 Å². The Balaban J connectivity index is 2.18. The number of aliphatic imine (C=N–C) groups is 1. The Labute approximate surface area is 418 Å². The van der Waals surface area contributed by atoms with Gasteiger partial charge in [-0.25, -0.2) is 4.98 Å². The molecule has 25 N–H and O–H groups in total. The van der Waals surface area contributed by atoms with Crippen molar-refractivity contribution in [1.29, 1.82) is 0 Å². The van der Waals surface area contributed by atoms with E-state index in [1.165, 1.54) is 24.3 Å². The number of aromatic nitrogens is 2. The Morgan fingerprint density at radius 2 is 1.36 bits per heavy atom. The van der Waals surface area contributed by atoms with Crippen LogP contribution in [0, 0.1) is 0 Å². The highest BCUT2D eigenvalue weighted by molar-refractivity contribution is 5.98. The van der Waals surface area contributed by atoms with E-state index in [9.17, 15) is 48.3 Å². The zero-order chi connectivity index (χ0) is 53.8. The largest absolute Gasteiger partial charge is 0.389 e. The van der Waals surface area contributed by atoms with Crippen LogP contribution in [0.4, 0.5) is 0 Å². The van der Waals surface area contributed by atoms with Crippen molar-refractivity contribution in [3.05, 3.63) is 18.2 Å². The standard InChI is InChI=1S/C43H79N19O10/c1-24(56-41(71)34(32(63)20-47)61-37(67)26(48)9-2-4-14-44)36(66)54-22-33(64)57-29(11-6-16-46)42(72)62-18-8-13-31(62)40(70)60-30(19-25-21-52-23-55-25)39(69)59-28(10-3-5-15-45)38(68)58-27(35(49)65)12-7-17-53-43(50)51/h21,23-24,26-32,34,63H,2-20,22,44-48H2,1H3,(H2,49,65)(H,52,55)(H,54,66)(H,56,71)(H,57,64)(H,58,68)(H,59,69)(H,60,70)(H,61,67)(H4,50,51,53)/t24-,26-,27+,28-,29+,30?,31-,32-,34-/m0/s1. The summed E-state index contributed by atoms with van der Waals surface area (Å²) in [4.78, 5) is 132. The average molecular weight is 1020 g/mol. The molecule has 29 heteroatoms. The van der Waals surface area contributed by atoms with Gasteiger partial charge in [0, 0.05) is 37.9 Å². The summed E-state index contributed by atoms with van der Waals surface area (Å²) in [7, 11) is 0. The highest BCUT2D eigenvalue weighted by Gasteiger charge is 2.40. The number of nitrogens with two attached hydrogens (primary N) is 8. The first kappa shape index (κ1) is 61.6. The van der Waals surface area contributed by atoms with Crippen molar-refractivity contribution in [3.63, 3.8) is 0 Å². The van der Waals surface area contributed by atoms with Crippen molar-refractivity contribution in [2.75, 3.05) is 45.8 Å². The zero-order valence-electron chi connectivity index (χ0n) is 41.1. The van der Waals surface area contributed by atoms with E-state index in [0.29, 0.717) is 57.3 Å². The van der Waals surface area contributed by atoms with Gasteiger partial charge in [0.2, 0.25) is 53.2 Å². The van der Waals surface area contributed by atoms with Gasteiger partial charge in [0.05, 0.1) is 25.0 Å². The van der Waals surface area contributed by atoms with E-state index >= 15 is 0 Å². The van der Waals surface area contributed by atoms with Crippen LogP contribution in [0.5, 0.6) is 0 Å². The van der Waals surface area contributed by atoms with Gasteiger partial charge >= 0.3 is 0 Å². The Bertz CT molecular complexity index is 1940. The summed E-state index contributed by atoms with van der Waals surface area (Å²) in [6.07, 6.45) is 5.03. The van der Waals surface area contributed by atoms with Gasteiger partial charge in [-0.3, -0.25) is 48.1 Å². The lowest BCUT2D eigenvalue weighted by molar-refractivity contribution is -0.142. The van der Waals surface area contributed by atoms with E-state index in [0.717, 1.165) is 0 Å². The minimum atomic E-state index is -1.56. The highest BCUT2D eigenvalue weighted by Crippen LogP contribution is 2.20. The smallest absolute Gasteiger partial charge is 0.245 e. The number of aliphatic hydroxyl groups is 1. The number of guanidine groups is 1. The number of carbonyl (C=O) groups is 9. The van der Waals surface area contributed by atoms with Crippen LogP contribution in [0.1, 0.15) is 89.7 Å². The molecule has 2 rings (SSSR count). The summed E-state index contributed by atoms with van der Waals surface area (Å²) in [6.45, 7) is 1.40. The first-order valence-electron chi connectivity index (χ1n) is 24.2. The summed E-state index contributed by atoms with van der Waals surface area (Å²) in [5.41, 5.74) is 45.2. The number of hydrogen-bond donors (Lipinski definition) is 17. The van der Waals surface area contributed by atoms with Crippen LogP contribution in [0.2, 0.25) is 0 Å². The van der Waals surface area contributed by atoms with Crippen LogP contribution < -0.4 is 83.1 Å². The number of nitrogens with zero attached hydrogens (tertiary/aromatic N) is 3. The van der Waals surface area contributed by atoms with Gasteiger partial charge in [-0.2, -0.15) is 0 Å². The van der Waals surface area contributed by atoms with Crippen LogP contribution in [-0.4, -0.2) is 179 Å². The maximum absolute atomic E-state index is 14.2. The minimum Gasteiger partial charge on any atom is -0.389 e. The molecule has 0 aromatic carbocycles. The molecule has 0 aliphatic carbocycles. The first-order chi connectivity index (χ1) is 34.3. The lowest BCUT2D eigenvalue weighted by Gasteiger charge is -2.30. The second-order valence-corrected chi connectivity index (χ2v) is 17.5. The number of hydrogen-bond acceptors (Lipinski definition) is 17. The van der Waals surface area contributed by atoms with E-state index in [1.54, 1.807) is 0 Å². The van der Waals surface area contributed by atoms with Crippen molar-refractivity contribution >= 4 is 59.1 Å². The molecule has 9 amide bonds. The van der Waals surface area contributed by atoms with Gasteiger partial charge in [-0.05, 0) is 97.2 Å². The quantitative estimate of drug-likeness (QED) is 0.0171. The van der Waals surface area contributed by atoms with Gasteiger partial charge in [0.25, 0.3) is 0 Å². The molecular formula is C43H79N19O10. The molecule has 0 saturated carbocycles. The predicted octanol–water partition coefficient (Wildman–Crippen LogP) is -7.83. The molecule has 1 aromatic heterocycles. The molecule has 72 heavy (non-hydrogen) atoms. The molecule has 0 spiro atoms. The van der Waals surface area contributed by atoms with E-state index in [4.69, 9.17) is 45.9 Å². The Morgan fingerprint density at radius 3 is 1.97 bits per heavy atom. The molecule has 1 saturated heterocycles. The number of aromatic amines is 1. The summed E-state index contributed by atoms with van der Waals surface area (Å²) in [6, 6.07) is -9.73.